The predicted octanol–water partition coefficient (Wildman–Crippen LogP) is 3.63. The zero-order valence-corrected chi connectivity index (χ0v) is 9.65. The topological polar surface area (TPSA) is 20.2 Å². The molecule has 0 aliphatic carbocycles. The molecule has 0 radical (unpaired) electrons. The van der Waals surface area contributed by atoms with Gasteiger partial charge in [-0.15, -0.1) is 0 Å². The molecular weight excluding hydrogens is 241 g/mol. The van der Waals surface area contributed by atoms with Crippen LogP contribution in [0.25, 0.3) is 0 Å². The van der Waals surface area contributed by atoms with Crippen molar-refractivity contribution < 1.29 is 18.3 Å². The lowest BCUT2D eigenvalue weighted by Gasteiger charge is -2.27. The maximum absolute atomic E-state index is 12.8. The van der Waals surface area contributed by atoms with Crippen LogP contribution in [0.2, 0.25) is 5.02 Å². The molecule has 5 heteroatoms. The normalized spacial score (nSPS) is 12.9. The first-order chi connectivity index (χ1) is 7.20. The maximum atomic E-state index is 12.8. The number of benzene rings is 1. The van der Waals surface area contributed by atoms with E-state index in [1.54, 1.807) is 0 Å². The summed E-state index contributed by atoms with van der Waals surface area (Å²) in [7, 11) is 0. The van der Waals surface area contributed by atoms with Gasteiger partial charge in [-0.3, -0.25) is 0 Å². The summed E-state index contributed by atoms with van der Waals surface area (Å²) in [6.07, 6.45) is -4.47. The van der Waals surface area contributed by atoms with E-state index in [0.29, 0.717) is 0 Å². The summed E-state index contributed by atoms with van der Waals surface area (Å²) in [6, 6.07) is 3.62. The third-order valence-corrected chi connectivity index (χ3v) is 2.71. The molecule has 0 fully saturated rings. The van der Waals surface area contributed by atoms with Gasteiger partial charge in [-0.2, -0.15) is 13.2 Å². The number of aliphatic hydroxyl groups is 1. The molecule has 1 rings (SSSR count). The molecule has 0 saturated heterocycles. The number of halogens is 4. The lowest BCUT2D eigenvalue weighted by molar-refractivity contribution is -0.138. The molecule has 1 nitrogen and oxygen atoms in total. The summed E-state index contributed by atoms with van der Waals surface area (Å²) in [5.74, 6) is 0. The van der Waals surface area contributed by atoms with E-state index in [2.05, 4.69) is 0 Å². The van der Waals surface area contributed by atoms with Gasteiger partial charge in [0.25, 0.3) is 0 Å². The van der Waals surface area contributed by atoms with Gasteiger partial charge in [0.1, 0.15) is 0 Å². The van der Waals surface area contributed by atoms with E-state index in [1.165, 1.54) is 26.0 Å². The zero-order valence-electron chi connectivity index (χ0n) is 8.90. The van der Waals surface area contributed by atoms with Crippen molar-refractivity contribution in [2.75, 3.05) is 6.61 Å². The lowest BCUT2D eigenvalue weighted by atomic mass is 9.82. The Hall–Kier alpha value is -0.740. The van der Waals surface area contributed by atoms with E-state index < -0.39 is 23.8 Å². The van der Waals surface area contributed by atoms with Crippen LogP contribution in [-0.4, -0.2) is 11.7 Å². The Kier molecular flexibility index (Phi) is 3.55. The smallest absolute Gasteiger partial charge is 0.395 e. The van der Waals surface area contributed by atoms with Gasteiger partial charge in [0.05, 0.1) is 12.2 Å². The van der Waals surface area contributed by atoms with Crippen molar-refractivity contribution in [3.05, 3.63) is 34.3 Å². The fourth-order valence-electron chi connectivity index (χ4n) is 1.53. The summed E-state index contributed by atoms with van der Waals surface area (Å²) in [4.78, 5) is 0. The first-order valence-corrected chi connectivity index (χ1v) is 5.05. The fourth-order valence-corrected chi connectivity index (χ4v) is 1.96. The molecule has 0 unspecified atom stereocenters. The second-order valence-electron chi connectivity index (χ2n) is 4.20. The average molecular weight is 253 g/mol. The number of hydrogen-bond donors (Lipinski definition) is 1. The van der Waals surface area contributed by atoms with Crippen LogP contribution >= 0.6 is 11.6 Å². The highest BCUT2D eigenvalue weighted by molar-refractivity contribution is 6.31. The summed E-state index contributed by atoms with van der Waals surface area (Å²) in [5, 5.41) is 9.16. The summed E-state index contributed by atoms with van der Waals surface area (Å²) in [6.45, 7) is 2.63. The molecule has 0 amide bonds. The highest BCUT2D eigenvalue weighted by atomic mass is 35.5. The number of rotatable bonds is 2. The minimum Gasteiger partial charge on any atom is -0.395 e. The van der Waals surface area contributed by atoms with Crippen LogP contribution in [0, 0.1) is 0 Å². The highest BCUT2D eigenvalue weighted by Gasteiger charge is 2.38. The van der Waals surface area contributed by atoms with E-state index in [9.17, 15) is 13.2 Å². The molecule has 90 valence electrons. The Morgan fingerprint density at radius 1 is 1.25 bits per heavy atom. The molecule has 0 saturated carbocycles. The monoisotopic (exact) mass is 252 g/mol. The molecule has 0 aromatic heterocycles. The van der Waals surface area contributed by atoms with E-state index >= 15 is 0 Å². The van der Waals surface area contributed by atoms with Crippen molar-refractivity contribution >= 4 is 11.6 Å². The van der Waals surface area contributed by atoms with Gasteiger partial charge in [-0.1, -0.05) is 31.5 Å². The van der Waals surface area contributed by atoms with Crippen molar-refractivity contribution in [1.82, 2.24) is 0 Å². The van der Waals surface area contributed by atoms with Gasteiger partial charge in [0, 0.05) is 10.4 Å². The van der Waals surface area contributed by atoms with Crippen LogP contribution in [-0.2, 0) is 11.6 Å². The Balaban J connectivity index is 3.48. The quantitative estimate of drug-likeness (QED) is 0.852. The van der Waals surface area contributed by atoms with Crippen molar-refractivity contribution in [3.63, 3.8) is 0 Å². The molecule has 1 N–H and O–H groups in total. The van der Waals surface area contributed by atoms with Gasteiger partial charge < -0.3 is 5.11 Å². The van der Waals surface area contributed by atoms with Crippen LogP contribution in [0.1, 0.15) is 25.0 Å². The summed E-state index contributed by atoms with van der Waals surface area (Å²) >= 11 is 5.79. The molecule has 0 atom stereocenters. The Bertz CT molecular complexity index is 385. The summed E-state index contributed by atoms with van der Waals surface area (Å²) < 4.78 is 38.3. The number of aliphatic hydroxyl groups excluding tert-OH is 1. The van der Waals surface area contributed by atoms with Crippen molar-refractivity contribution in [2.45, 2.75) is 25.4 Å². The van der Waals surface area contributed by atoms with E-state index in [1.807, 2.05) is 0 Å². The van der Waals surface area contributed by atoms with Crippen LogP contribution in [0.4, 0.5) is 13.2 Å². The third kappa shape index (κ3) is 2.50. The second-order valence-corrected chi connectivity index (χ2v) is 4.61. The van der Waals surface area contributed by atoms with Gasteiger partial charge >= 0.3 is 6.18 Å². The Morgan fingerprint density at radius 2 is 1.81 bits per heavy atom. The van der Waals surface area contributed by atoms with Gasteiger partial charge in [-0.05, 0) is 17.7 Å². The van der Waals surface area contributed by atoms with Gasteiger partial charge in [-0.25, -0.2) is 0 Å². The second kappa shape index (κ2) is 4.26. The first kappa shape index (κ1) is 13.3. The Labute approximate surface area is 96.9 Å². The molecule has 16 heavy (non-hydrogen) atoms. The lowest BCUT2D eigenvalue weighted by Crippen LogP contribution is -2.27. The van der Waals surface area contributed by atoms with E-state index in [4.69, 9.17) is 16.7 Å². The van der Waals surface area contributed by atoms with Gasteiger partial charge in [0.15, 0.2) is 0 Å². The molecule has 1 aromatic rings. The molecule has 0 spiro atoms. The molecule has 0 aliphatic heterocycles. The van der Waals surface area contributed by atoms with Crippen LogP contribution in [0.3, 0.4) is 0 Å². The first-order valence-electron chi connectivity index (χ1n) is 4.67. The van der Waals surface area contributed by atoms with Crippen LogP contribution in [0.5, 0.6) is 0 Å². The third-order valence-electron chi connectivity index (χ3n) is 2.39. The van der Waals surface area contributed by atoms with E-state index in [-0.39, 0.29) is 10.6 Å². The van der Waals surface area contributed by atoms with Crippen LogP contribution in [0.15, 0.2) is 18.2 Å². The van der Waals surface area contributed by atoms with Crippen LogP contribution < -0.4 is 0 Å². The molecule has 0 bridgehead atoms. The van der Waals surface area contributed by atoms with Crippen molar-refractivity contribution in [3.8, 4) is 0 Å². The van der Waals surface area contributed by atoms with Crippen molar-refractivity contribution in [2.24, 2.45) is 0 Å². The Morgan fingerprint density at radius 3 is 2.25 bits per heavy atom. The maximum Gasteiger partial charge on any atom is 0.416 e. The minimum absolute atomic E-state index is 0.0221. The molecule has 0 heterocycles. The predicted molar refractivity (Wildman–Crippen MR) is 56.6 cm³/mol. The van der Waals surface area contributed by atoms with Crippen molar-refractivity contribution in [1.29, 1.82) is 0 Å². The molecular formula is C11H12ClF3O. The average Bonchev–Trinajstić information content (AvgIpc) is 2.15. The zero-order chi connectivity index (χ0) is 12.6. The SMILES string of the molecule is CC(C)(CO)c1c(Cl)cccc1C(F)(F)F. The molecule has 0 aliphatic rings. The summed E-state index contributed by atoms with van der Waals surface area (Å²) in [5.41, 5.74) is -1.88. The highest BCUT2D eigenvalue weighted by Crippen LogP contribution is 2.40. The molecule has 1 aromatic carbocycles. The van der Waals surface area contributed by atoms with E-state index in [0.717, 1.165) is 6.07 Å². The standard InChI is InChI=1S/C11H12ClF3O/c1-10(2,6-16)9-7(11(13,14)15)4-3-5-8(9)12/h3-5,16H,6H2,1-2H3. The fraction of sp³-hybridized carbons (Fsp3) is 0.455. The largest absolute Gasteiger partial charge is 0.416 e. The number of hydrogen-bond acceptors (Lipinski definition) is 1. The number of alkyl halides is 3. The minimum atomic E-state index is -4.47. The van der Waals surface area contributed by atoms with Gasteiger partial charge in [0.2, 0.25) is 0 Å².